The molecule has 1 aliphatic heterocycles. The molecule has 1 N–H and O–H groups in total. The molecule has 0 fully saturated rings. The molecule has 0 amide bonds. The molecule has 2 heterocycles. The minimum absolute atomic E-state index is 0.0669. The normalized spacial score (nSPS) is 19.9. The second-order valence-electron chi connectivity index (χ2n) is 3.21. The molecule has 0 bridgehead atoms. The van der Waals surface area contributed by atoms with Gasteiger partial charge in [0.2, 0.25) is 0 Å². The van der Waals surface area contributed by atoms with E-state index in [1.165, 1.54) is 10.7 Å². The van der Waals surface area contributed by atoms with Gasteiger partial charge in [-0.2, -0.15) is 13.9 Å². The van der Waals surface area contributed by atoms with Crippen molar-refractivity contribution in [3.8, 4) is 0 Å². The summed E-state index contributed by atoms with van der Waals surface area (Å²) in [5.41, 5.74) is 0.249. The molecule has 0 aliphatic carbocycles. The van der Waals surface area contributed by atoms with Crippen LogP contribution in [0.5, 0.6) is 0 Å². The number of aromatic nitrogens is 2. The third kappa shape index (κ3) is 1.33. The second-order valence-corrected chi connectivity index (χ2v) is 3.21. The van der Waals surface area contributed by atoms with Crippen molar-refractivity contribution in [1.29, 1.82) is 0 Å². The lowest BCUT2D eigenvalue weighted by atomic mass is 10.1. The molecule has 1 aliphatic rings. The highest BCUT2D eigenvalue weighted by Crippen LogP contribution is 2.36. The zero-order valence-electron chi connectivity index (χ0n) is 7.00. The number of aryl methyl sites for hydroxylation is 1. The van der Waals surface area contributed by atoms with Gasteiger partial charge in [0.15, 0.2) is 0 Å². The second kappa shape index (κ2) is 2.77. The van der Waals surface area contributed by atoms with Crippen molar-refractivity contribution in [2.24, 2.45) is 0 Å². The Morgan fingerprint density at radius 1 is 1.62 bits per heavy atom. The van der Waals surface area contributed by atoms with Crippen LogP contribution in [0.4, 0.5) is 8.78 Å². The Labute approximate surface area is 74.0 Å². The molecule has 1 aromatic heterocycles. The zero-order valence-corrected chi connectivity index (χ0v) is 7.00. The fourth-order valence-electron chi connectivity index (χ4n) is 1.59. The van der Waals surface area contributed by atoms with Crippen LogP contribution in [-0.2, 0) is 19.1 Å². The van der Waals surface area contributed by atoms with E-state index >= 15 is 0 Å². The number of fused-ring (bicyclic) bond motifs is 1. The van der Waals surface area contributed by atoms with Crippen LogP contribution >= 0.6 is 0 Å². The molecule has 0 radical (unpaired) electrons. The van der Waals surface area contributed by atoms with Crippen molar-refractivity contribution < 1.29 is 13.9 Å². The van der Waals surface area contributed by atoms with Crippen LogP contribution in [-0.4, -0.2) is 14.9 Å². The lowest BCUT2D eigenvalue weighted by Gasteiger charge is -2.22. The van der Waals surface area contributed by atoms with E-state index in [0.717, 1.165) is 0 Å². The van der Waals surface area contributed by atoms with Crippen molar-refractivity contribution in [2.45, 2.75) is 31.9 Å². The van der Waals surface area contributed by atoms with Crippen LogP contribution in [0.2, 0.25) is 0 Å². The summed E-state index contributed by atoms with van der Waals surface area (Å²) < 4.78 is 27.7. The number of nitrogens with zero attached hydrogens (tertiary/aromatic N) is 2. The average molecular weight is 188 g/mol. The molecule has 5 heteroatoms. The van der Waals surface area contributed by atoms with Crippen molar-refractivity contribution in [3.05, 3.63) is 17.5 Å². The van der Waals surface area contributed by atoms with Crippen LogP contribution < -0.4 is 0 Å². The molecule has 0 aromatic carbocycles. The number of rotatable bonds is 1. The average Bonchev–Trinajstić information content (AvgIpc) is 2.48. The molecule has 0 atom stereocenters. The van der Waals surface area contributed by atoms with Gasteiger partial charge >= 0.3 is 0 Å². The van der Waals surface area contributed by atoms with Gasteiger partial charge in [0.05, 0.1) is 12.3 Å². The maximum atomic E-state index is 13.2. The third-order valence-corrected chi connectivity index (χ3v) is 2.23. The quantitative estimate of drug-likeness (QED) is 0.720. The highest BCUT2D eigenvalue weighted by Gasteiger charge is 2.38. The minimum atomic E-state index is -2.78. The minimum Gasteiger partial charge on any atom is -0.390 e. The van der Waals surface area contributed by atoms with Gasteiger partial charge in [0, 0.05) is 13.0 Å². The lowest BCUT2D eigenvalue weighted by molar-refractivity contribution is -0.0364. The van der Waals surface area contributed by atoms with Crippen LogP contribution in [0, 0.1) is 0 Å². The first-order chi connectivity index (χ1) is 6.13. The first kappa shape index (κ1) is 8.62. The van der Waals surface area contributed by atoms with Gasteiger partial charge in [-0.05, 0) is 12.5 Å². The standard InChI is InChI=1S/C8H10F2N2O/c9-8(10)2-1-3-12-7(8)4-6(5-13)11-12/h4,13H,1-3,5H2. The Balaban J connectivity index is 2.44. The molecule has 2 rings (SSSR count). The Bertz CT molecular complexity index is 322. The van der Waals surface area contributed by atoms with E-state index in [2.05, 4.69) is 5.10 Å². The number of hydrogen-bond acceptors (Lipinski definition) is 2. The van der Waals surface area contributed by atoms with Gasteiger partial charge in [-0.3, -0.25) is 4.68 Å². The van der Waals surface area contributed by atoms with E-state index in [9.17, 15) is 8.78 Å². The maximum absolute atomic E-state index is 13.2. The van der Waals surface area contributed by atoms with Crippen molar-refractivity contribution in [2.75, 3.05) is 0 Å². The Hall–Kier alpha value is -0.970. The highest BCUT2D eigenvalue weighted by atomic mass is 19.3. The number of aliphatic hydroxyl groups is 1. The Morgan fingerprint density at radius 3 is 3.00 bits per heavy atom. The number of alkyl halides is 2. The van der Waals surface area contributed by atoms with Gasteiger partial charge in [0.1, 0.15) is 5.69 Å². The summed E-state index contributed by atoms with van der Waals surface area (Å²) in [7, 11) is 0. The Morgan fingerprint density at radius 2 is 2.38 bits per heavy atom. The van der Waals surface area contributed by atoms with Crippen molar-refractivity contribution in [1.82, 2.24) is 9.78 Å². The SMILES string of the molecule is OCc1cc2n(n1)CCCC2(F)F. The number of hydrogen-bond donors (Lipinski definition) is 1. The summed E-state index contributed by atoms with van der Waals surface area (Å²) >= 11 is 0. The van der Waals surface area contributed by atoms with Gasteiger partial charge < -0.3 is 5.11 Å². The van der Waals surface area contributed by atoms with Crippen LogP contribution in [0.3, 0.4) is 0 Å². The molecule has 72 valence electrons. The summed E-state index contributed by atoms with van der Waals surface area (Å²) in [5.74, 6) is -2.78. The van der Waals surface area contributed by atoms with E-state index in [4.69, 9.17) is 5.11 Å². The van der Waals surface area contributed by atoms with Crippen molar-refractivity contribution in [3.63, 3.8) is 0 Å². The molecular formula is C8H10F2N2O. The predicted octanol–water partition coefficient (Wildman–Crippen LogP) is 1.26. The van der Waals surface area contributed by atoms with Crippen LogP contribution in [0.15, 0.2) is 6.07 Å². The van der Waals surface area contributed by atoms with Crippen LogP contribution in [0.1, 0.15) is 24.2 Å². The topological polar surface area (TPSA) is 38.0 Å². The molecule has 13 heavy (non-hydrogen) atoms. The summed E-state index contributed by atoms with van der Waals surface area (Å²) in [6.45, 7) is 0.237. The van der Waals surface area contributed by atoms with Gasteiger partial charge in [0.25, 0.3) is 5.92 Å². The summed E-state index contributed by atoms with van der Waals surface area (Å²) in [6, 6.07) is 1.28. The number of aliphatic hydroxyl groups excluding tert-OH is 1. The first-order valence-electron chi connectivity index (χ1n) is 4.19. The van der Waals surface area contributed by atoms with E-state index < -0.39 is 5.92 Å². The summed E-state index contributed by atoms with van der Waals surface area (Å²) in [6.07, 6.45) is 0.316. The van der Waals surface area contributed by atoms with Crippen molar-refractivity contribution >= 4 is 0 Å². The van der Waals surface area contributed by atoms with Gasteiger partial charge in [-0.25, -0.2) is 0 Å². The molecule has 0 spiro atoms. The molecule has 3 nitrogen and oxygen atoms in total. The number of halogens is 2. The molecule has 0 saturated heterocycles. The smallest absolute Gasteiger partial charge is 0.289 e. The van der Waals surface area contributed by atoms with E-state index in [0.29, 0.717) is 18.7 Å². The van der Waals surface area contributed by atoms with E-state index in [1.54, 1.807) is 0 Å². The van der Waals surface area contributed by atoms with Gasteiger partial charge in [-0.1, -0.05) is 0 Å². The molecule has 0 saturated carbocycles. The first-order valence-corrected chi connectivity index (χ1v) is 4.19. The largest absolute Gasteiger partial charge is 0.390 e. The maximum Gasteiger partial charge on any atom is 0.289 e. The lowest BCUT2D eigenvalue weighted by Crippen LogP contribution is -2.25. The van der Waals surface area contributed by atoms with E-state index in [1.807, 2.05) is 0 Å². The van der Waals surface area contributed by atoms with Crippen LogP contribution in [0.25, 0.3) is 0 Å². The zero-order chi connectivity index (χ0) is 9.47. The molecule has 1 aromatic rings. The third-order valence-electron chi connectivity index (χ3n) is 2.23. The van der Waals surface area contributed by atoms with E-state index in [-0.39, 0.29) is 18.7 Å². The highest BCUT2D eigenvalue weighted by molar-refractivity contribution is 5.16. The molecular weight excluding hydrogens is 178 g/mol. The fourth-order valence-corrected chi connectivity index (χ4v) is 1.59. The Kier molecular flexibility index (Phi) is 1.83. The monoisotopic (exact) mass is 188 g/mol. The van der Waals surface area contributed by atoms with Gasteiger partial charge in [-0.15, -0.1) is 0 Å². The predicted molar refractivity (Wildman–Crippen MR) is 41.3 cm³/mol. The molecule has 0 unspecified atom stereocenters. The summed E-state index contributed by atoms with van der Waals surface area (Å²) in [4.78, 5) is 0. The fraction of sp³-hybridized carbons (Fsp3) is 0.625. The summed E-state index contributed by atoms with van der Waals surface area (Å²) in [5, 5.41) is 12.6.